The first-order chi connectivity index (χ1) is 13.3. The predicted molar refractivity (Wildman–Crippen MR) is 104 cm³/mol. The number of nitrogens with zero attached hydrogens (tertiary/aromatic N) is 2. The highest BCUT2D eigenvalue weighted by molar-refractivity contribution is 7.89. The number of benzene rings is 1. The largest absolute Gasteiger partial charge is 0.465 e. The Kier molecular flexibility index (Phi) is 6.40. The summed E-state index contributed by atoms with van der Waals surface area (Å²) in [6.07, 6.45) is 5.25. The first-order valence-electron chi connectivity index (χ1n) is 9.80. The van der Waals surface area contributed by atoms with Gasteiger partial charge >= 0.3 is 5.97 Å². The molecule has 1 saturated carbocycles. The Morgan fingerprint density at radius 2 is 1.75 bits per heavy atom. The van der Waals surface area contributed by atoms with Gasteiger partial charge in [0.05, 0.1) is 17.6 Å². The fraction of sp³-hybridized carbons (Fsp3) is 0.600. The Morgan fingerprint density at radius 1 is 1.11 bits per heavy atom. The first-order valence-corrected chi connectivity index (χ1v) is 11.2. The number of carbonyl (C=O) groups is 2. The second kappa shape index (κ2) is 8.61. The lowest BCUT2D eigenvalue weighted by atomic mass is 10.0. The van der Waals surface area contributed by atoms with Gasteiger partial charge in [-0.3, -0.25) is 4.79 Å². The van der Waals surface area contributed by atoms with Gasteiger partial charge in [0.25, 0.3) is 0 Å². The van der Waals surface area contributed by atoms with E-state index in [9.17, 15) is 18.0 Å². The summed E-state index contributed by atoms with van der Waals surface area (Å²) in [5.41, 5.74) is 0.823. The van der Waals surface area contributed by atoms with Crippen LogP contribution in [0.3, 0.4) is 0 Å². The van der Waals surface area contributed by atoms with E-state index >= 15 is 0 Å². The zero-order valence-corrected chi connectivity index (χ0v) is 17.3. The minimum Gasteiger partial charge on any atom is -0.465 e. The van der Waals surface area contributed by atoms with Gasteiger partial charge in [-0.1, -0.05) is 12.8 Å². The predicted octanol–water partition coefficient (Wildman–Crippen LogP) is 2.19. The van der Waals surface area contributed by atoms with Gasteiger partial charge in [0, 0.05) is 32.6 Å². The molecule has 154 valence electrons. The van der Waals surface area contributed by atoms with E-state index in [2.05, 4.69) is 4.74 Å². The number of sulfonamides is 1. The van der Waals surface area contributed by atoms with Gasteiger partial charge in [0.2, 0.25) is 15.9 Å². The molecule has 2 aliphatic rings. The number of aryl methyl sites for hydroxylation is 1. The van der Waals surface area contributed by atoms with Crippen LogP contribution in [0.25, 0.3) is 0 Å². The molecule has 0 N–H and O–H groups in total. The Balaban J connectivity index is 1.64. The second-order valence-electron chi connectivity index (χ2n) is 7.61. The van der Waals surface area contributed by atoms with Crippen molar-refractivity contribution in [2.75, 3.05) is 33.3 Å². The third-order valence-electron chi connectivity index (χ3n) is 5.74. The zero-order chi connectivity index (χ0) is 20.3. The Morgan fingerprint density at radius 3 is 2.32 bits per heavy atom. The van der Waals surface area contributed by atoms with Crippen LogP contribution in [0.2, 0.25) is 0 Å². The maximum absolute atomic E-state index is 13.0. The zero-order valence-electron chi connectivity index (χ0n) is 16.5. The van der Waals surface area contributed by atoms with E-state index in [-0.39, 0.29) is 23.9 Å². The number of hydrogen-bond acceptors (Lipinski definition) is 5. The summed E-state index contributed by atoms with van der Waals surface area (Å²) in [6, 6.07) is 4.45. The van der Waals surface area contributed by atoms with Crippen molar-refractivity contribution in [2.24, 2.45) is 5.92 Å². The van der Waals surface area contributed by atoms with Crippen LogP contribution in [0.4, 0.5) is 0 Å². The maximum Gasteiger partial charge on any atom is 0.337 e. The standard InChI is InChI=1S/C20H28N2O5S/c1-15-13-17(20(24)27-2)7-8-18(15)28(25,26)22-11-9-21(10-12-22)19(23)14-16-5-3-4-6-16/h7-8,13,16H,3-6,9-12,14H2,1-2H3. The molecular formula is C20H28N2O5S. The van der Waals surface area contributed by atoms with Crippen LogP contribution in [0, 0.1) is 12.8 Å². The van der Waals surface area contributed by atoms with E-state index in [0.29, 0.717) is 36.6 Å². The van der Waals surface area contributed by atoms with Crippen molar-refractivity contribution in [1.29, 1.82) is 0 Å². The van der Waals surface area contributed by atoms with E-state index in [0.717, 1.165) is 12.8 Å². The fourth-order valence-electron chi connectivity index (χ4n) is 4.09. The summed E-state index contributed by atoms with van der Waals surface area (Å²) < 4.78 is 32.1. The highest BCUT2D eigenvalue weighted by atomic mass is 32.2. The number of amides is 1. The summed E-state index contributed by atoms with van der Waals surface area (Å²) in [6.45, 7) is 3.09. The molecule has 8 heteroatoms. The Hall–Kier alpha value is -1.93. The Bertz CT molecular complexity index is 838. The van der Waals surface area contributed by atoms with E-state index in [1.807, 2.05) is 0 Å². The molecule has 28 heavy (non-hydrogen) atoms. The monoisotopic (exact) mass is 408 g/mol. The number of esters is 1. The molecule has 2 fully saturated rings. The molecule has 1 aromatic carbocycles. The van der Waals surface area contributed by atoms with Gasteiger partial charge in [-0.2, -0.15) is 4.31 Å². The maximum atomic E-state index is 13.0. The second-order valence-corrected chi connectivity index (χ2v) is 9.52. The smallest absolute Gasteiger partial charge is 0.337 e. The number of rotatable bonds is 5. The average molecular weight is 409 g/mol. The molecular weight excluding hydrogens is 380 g/mol. The number of methoxy groups -OCH3 is 1. The van der Waals surface area contributed by atoms with E-state index in [4.69, 9.17) is 0 Å². The number of ether oxygens (including phenoxy) is 1. The third kappa shape index (κ3) is 4.38. The molecule has 1 aliphatic heterocycles. The van der Waals surface area contributed by atoms with Gasteiger partial charge in [-0.15, -0.1) is 0 Å². The van der Waals surface area contributed by atoms with Crippen molar-refractivity contribution < 1.29 is 22.7 Å². The lowest BCUT2D eigenvalue weighted by molar-refractivity contribution is -0.133. The van der Waals surface area contributed by atoms with E-state index < -0.39 is 16.0 Å². The van der Waals surface area contributed by atoms with Gasteiger partial charge in [0.15, 0.2) is 0 Å². The number of piperazine rings is 1. The quantitative estimate of drug-likeness (QED) is 0.698. The van der Waals surface area contributed by atoms with Crippen molar-refractivity contribution in [3.63, 3.8) is 0 Å². The normalized spacial score (nSPS) is 19.0. The summed E-state index contributed by atoms with van der Waals surface area (Å²) in [4.78, 5) is 26.1. The van der Waals surface area contributed by atoms with Crippen LogP contribution in [-0.2, 0) is 19.6 Å². The topological polar surface area (TPSA) is 84.0 Å². The van der Waals surface area contributed by atoms with Gasteiger partial charge in [-0.05, 0) is 49.4 Å². The first kappa shape index (κ1) is 20.8. The molecule has 0 bridgehead atoms. The molecule has 1 aromatic rings. The van der Waals surface area contributed by atoms with E-state index in [1.165, 1.54) is 42.5 Å². The van der Waals surface area contributed by atoms with Crippen molar-refractivity contribution in [2.45, 2.75) is 43.9 Å². The molecule has 0 atom stereocenters. The summed E-state index contributed by atoms with van der Waals surface area (Å²) >= 11 is 0. The van der Waals surface area contributed by atoms with Crippen LogP contribution in [0.5, 0.6) is 0 Å². The molecule has 1 amide bonds. The van der Waals surface area contributed by atoms with Crippen LogP contribution in [0.15, 0.2) is 23.1 Å². The van der Waals surface area contributed by atoms with Gasteiger partial charge < -0.3 is 9.64 Å². The summed E-state index contributed by atoms with van der Waals surface area (Å²) in [5.74, 6) is 0.134. The van der Waals surface area contributed by atoms with Crippen molar-refractivity contribution in [3.05, 3.63) is 29.3 Å². The third-order valence-corrected chi connectivity index (χ3v) is 7.80. The Labute approximate surface area is 166 Å². The summed E-state index contributed by atoms with van der Waals surface area (Å²) in [5, 5.41) is 0. The lowest BCUT2D eigenvalue weighted by Crippen LogP contribution is -2.50. The molecule has 0 spiro atoms. The average Bonchev–Trinajstić information content (AvgIpc) is 3.20. The SMILES string of the molecule is COC(=O)c1ccc(S(=O)(=O)N2CCN(C(=O)CC3CCCC3)CC2)c(C)c1. The number of carbonyl (C=O) groups excluding carboxylic acids is 2. The highest BCUT2D eigenvalue weighted by Gasteiger charge is 2.32. The molecule has 0 aromatic heterocycles. The molecule has 0 radical (unpaired) electrons. The highest BCUT2D eigenvalue weighted by Crippen LogP contribution is 2.28. The summed E-state index contributed by atoms with van der Waals surface area (Å²) in [7, 11) is -2.38. The lowest BCUT2D eigenvalue weighted by Gasteiger charge is -2.34. The van der Waals surface area contributed by atoms with Crippen LogP contribution < -0.4 is 0 Å². The van der Waals surface area contributed by atoms with E-state index in [1.54, 1.807) is 11.8 Å². The van der Waals surface area contributed by atoms with Gasteiger partial charge in [0.1, 0.15) is 0 Å². The number of hydrogen-bond donors (Lipinski definition) is 0. The molecule has 0 unspecified atom stereocenters. The minimum absolute atomic E-state index is 0.141. The van der Waals surface area contributed by atoms with Crippen LogP contribution in [-0.4, -0.2) is 62.8 Å². The molecule has 1 aliphatic carbocycles. The van der Waals surface area contributed by atoms with Crippen LogP contribution in [0.1, 0.15) is 48.0 Å². The van der Waals surface area contributed by atoms with Crippen molar-refractivity contribution in [3.8, 4) is 0 Å². The van der Waals surface area contributed by atoms with Gasteiger partial charge in [-0.25, -0.2) is 13.2 Å². The van der Waals surface area contributed by atoms with Crippen molar-refractivity contribution in [1.82, 2.24) is 9.21 Å². The molecule has 7 nitrogen and oxygen atoms in total. The van der Waals surface area contributed by atoms with Crippen LogP contribution >= 0.6 is 0 Å². The fourth-order valence-corrected chi connectivity index (χ4v) is 5.72. The molecule has 1 saturated heterocycles. The van der Waals surface area contributed by atoms with Crippen molar-refractivity contribution >= 4 is 21.9 Å². The molecule has 3 rings (SSSR count). The molecule has 1 heterocycles. The minimum atomic E-state index is -3.67.